The summed E-state index contributed by atoms with van der Waals surface area (Å²) in [7, 11) is 0. The zero-order chi connectivity index (χ0) is 22.5. The van der Waals surface area contributed by atoms with Gasteiger partial charge in [0.1, 0.15) is 12.4 Å². The lowest BCUT2D eigenvalue weighted by molar-refractivity contribution is 0.289. The predicted octanol–water partition coefficient (Wildman–Crippen LogP) is 5.34. The number of aryl methyl sites for hydroxylation is 2. The Balaban J connectivity index is 1.55. The van der Waals surface area contributed by atoms with E-state index >= 15 is 0 Å². The number of nitrogens with zero attached hydrogens (tertiary/aromatic N) is 5. The molecule has 0 aliphatic carbocycles. The van der Waals surface area contributed by atoms with Gasteiger partial charge in [-0.2, -0.15) is 4.98 Å². The van der Waals surface area contributed by atoms with E-state index in [1.165, 1.54) is 11.8 Å². The molecule has 2 aromatic heterocycles. The lowest BCUT2D eigenvalue weighted by Gasteiger charge is -2.13. The molecule has 0 aliphatic heterocycles. The topological polar surface area (TPSA) is 78.9 Å². The Morgan fingerprint density at radius 2 is 1.75 bits per heavy atom. The quantitative estimate of drug-likeness (QED) is 0.319. The minimum Gasteiger partial charge on any atom is -0.485 e. The molecule has 0 saturated carbocycles. The molecule has 7 nitrogen and oxygen atoms in total. The smallest absolute Gasteiger partial charge is 0.237 e. The van der Waals surface area contributed by atoms with Crippen LogP contribution in [0.25, 0.3) is 5.69 Å². The number of rotatable bonds is 9. The molecule has 32 heavy (non-hydrogen) atoms. The fourth-order valence-corrected chi connectivity index (χ4v) is 4.22. The monoisotopic (exact) mass is 449 g/mol. The van der Waals surface area contributed by atoms with Crippen molar-refractivity contribution in [1.29, 1.82) is 0 Å². The minimum atomic E-state index is 0.313. The van der Waals surface area contributed by atoms with Crippen LogP contribution >= 0.6 is 11.8 Å². The molecule has 0 N–H and O–H groups in total. The van der Waals surface area contributed by atoms with Crippen molar-refractivity contribution in [2.24, 2.45) is 5.92 Å². The van der Waals surface area contributed by atoms with Gasteiger partial charge in [0, 0.05) is 12.1 Å². The van der Waals surface area contributed by atoms with Gasteiger partial charge < -0.3 is 9.26 Å². The van der Waals surface area contributed by atoms with Gasteiger partial charge in [-0.3, -0.25) is 4.57 Å². The molecule has 0 unspecified atom stereocenters. The standard InChI is InChI=1S/C24H27N5O2S/c1-16(2)13-20-25-22(31-28-20)15-32-24-27-26-21(29(24)19-11-6-5-7-12-19)14-30-23-17(3)9-8-10-18(23)4/h5-12,16H,13-15H2,1-4H3. The lowest BCUT2D eigenvalue weighted by Crippen LogP contribution is -2.07. The van der Waals surface area contributed by atoms with E-state index in [4.69, 9.17) is 9.26 Å². The molecule has 0 radical (unpaired) electrons. The first-order valence-electron chi connectivity index (χ1n) is 10.6. The number of hydrogen-bond donors (Lipinski definition) is 0. The molecule has 166 valence electrons. The number of para-hydroxylation sites is 2. The first-order chi connectivity index (χ1) is 15.5. The molecule has 4 rings (SSSR count). The second-order valence-electron chi connectivity index (χ2n) is 8.07. The number of thioether (sulfide) groups is 1. The van der Waals surface area contributed by atoms with Gasteiger partial charge in [-0.05, 0) is 43.0 Å². The Labute approximate surface area is 192 Å². The second-order valence-corrected chi connectivity index (χ2v) is 9.01. The van der Waals surface area contributed by atoms with Gasteiger partial charge in [-0.25, -0.2) is 0 Å². The average Bonchev–Trinajstić information content (AvgIpc) is 3.38. The largest absolute Gasteiger partial charge is 0.485 e. The van der Waals surface area contributed by atoms with Crippen molar-refractivity contribution in [2.45, 2.75) is 51.6 Å². The van der Waals surface area contributed by atoms with Gasteiger partial charge >= 0.3 is 0 Å². The van der Waals surface area contributed by atoms with E-state index < -0.39 is 0 Å². The maximum atomic E-state index is 6.16. The molecule has 4 aromatic rings. The zero-order valence-corrected chi connectivity index (χ0v) is 19.6. The summed E-state index contributed by atoms with van der Waals surface area (Å²) in [6.07, 6.45) is 0.800. The Morgan fingerprint density at radius 3 is 2.47 bits per heavy atom. The molecule has 0 atom stereocenters. The zero-order valence-electron chi connectivity index (χ0n) is 18.8. The number of benzene rings is 2. The highest BCUT2D eigenvalue weighted by atomic mass is 32.2. The summed E-state index contributed by atoms with van der Waals surface area (Å²) < 4.78 is 13.6. The highest BCUT2D eigenvalue weighted by Crippen LogP contribution is 2.27. The van der Waals surface area contributed by atoms with E-state index in [1.54, 1.807) is 0 Å². The van der Waals surface area contributed by atoms with Gasteiger partial charge in [0.25, 0.3) is 0 Å². The number of aromatic nitrogens is 5. The molecule has 0 fully saturated rings. The highest BCUT2D eigenvalue weighted by Gasteiger charge is 2.17. The molecule has 0 aliphatic rings. The maximum Gasteiger partial charge on any atom is 0.237 e. The summed E-state index contributed by atoms with van der Waals surface area (Å²) in [6, 6.07) is 16.2. The summed E-state index contributed by atoms with van der Waals surface area (Å²) in [5.74, 6) is 3.94. The Morgan fingerprint density at radius 1 is 1.00 bits per heavy atom. The predicted molar refractivity (Wildman–Crippen MR) is 124 cm³/mol. The van der Waals surface area contributed by atoms with Crippen LogP contribution in [0.2, 0.25) is 0 Å². The van der Waals surface area contributed by atoms with Crippen LogP contribution in [-0.2, 0) is 18.8 Å². The van der Waals surface area contributed by atoms with E-state index in [9.17, 15) is 0 Å². The van der Waals surface area contributed by atoms with Gasteiger partial charge in [-0.1, -0.05) is 67.2 Å². The fourth-order valence-electron chi connectivity index (χ4n) is 3.41. The molecular weight excluding hydrogens is 422 g/mol. The minimum absolute atomic E-state index is 0.313. The van der Waals surface area contributed by atoms with Crippen molar-refractivity contribution >= 4 is 11.8 Å². The van der Waals surface area contributed by atoms with E-state index in [2.05, 4.69) is 34.2 Å². The van der Waals surface area contributed by atoms with Crippen LogP contribution < -0.4 is 4.74 Å². The van der Waals surface area contributed by atoms with Gasteiger partial charge in [0.05, 0.1) is 5.75 Å². The Bertz CT molecular complexity index is 1150. The third kappa shape index (κ3) is 5.19. The van der Waals surface area contributed by atoms with Crippen molar-refractivity contribution in [1.82, 2.24) is 24.9 Å². The summed E-state index contributed by atoms with van der Waals surface area (Å²) in [4.78, 5) is 4.49. The van der Waals surface area contributed by atoms with Crippen molar-refractivity contribution in [2.75, 3.05) is 0 Å². The van der Waals surface area contributed by atoms with Crippen LogP contribution in [0.3, 0.4) is 0 Å². The molecular formula is C24H27N5O2S. The van der Waals surface area contributed by atoms with E-state index in [0.717, 1.165) is 45.8 Å². The van der Waals surface area contributed by atoms with Crippen LogP contribution in [-0.4, -0.2) is 24.9 Å². The summed E-state index contributed by atoms with van der Waals surface area (Å²) >= 11 is 1.51. The van der Waals surface area contributed by atoms with Crippen LogP contribution in [0.4, 0.5) is 0 Å². The molecule has 0 bridgehead atoms. The van der Waals surface area contributed by atoms with E-state index in [1.807, 2.05) is 66.9 Å². The van der Waals surface area contributed by atoms with E-state index in [0.29, 0.717) is 24.2 Å². The van der Waals surface area contributed by atoms with Crippen molar-refractivity contribution in [3.63, 3.8) is 0 Å². The van der Waals surface area contributed by atoms with E-state index in [-0.39, 0.29) is 0 Å². The third-order valence-corrected chi connectivity index (χ3v) is 5.81. The SMILES string of the molecule is Cc1cccc(C)c1OCc1nnc(SCc2nc(CC(C)C)no2)n1-c1ccccc1. The summed E-state index contributed by atoms with van der Waals surface area (Å²) in [5.41, 5.74) is 3.17. The summed E-state index contributed by atoms with van der Waals surface area (Å²) in [5, 5.41) is 13.7. The molecule has 8 heteroatoms. The van der Waals surface area contributed by atoms with Crippen molar-refractivity contribution in [3.05, 3.63) is 77.2 Å². The lowest BCUT2D eigenvalue weighted by atomic mass is 10.1. The number of hydrogen-bond acceptors (Lipinski definition) is 7. The van der Waals surface area contributed by atoms with Gasteiger partial charge in [0.15, 0.2) is 16.8 Å². The van der Waals surface area contributed by atoms with Crippen LogP contribution in [0.15, 0.2) is 58.2 Å². The maximum absolute atomic E-state index is 6.16. The van der Waals surface area contributed by atoms with Crippen LogP contribution in [0, 0.1) is 19.8 Å². The molecule has 2 heterocycles. The van der Waals surface area contributed by atoms with Gasteiger partial charge in [-0.15, -0.1) is 10.2 Å². The fraction of sp³-hybridized carbons (Fsp3) is 0.333. The first-order valence-corrected chi connectivity index (χ1v) is 11.6. The van der Waals surface area contributed by atoms with Crippen LogP contribution in [0.5, 0.6) is 5.75 Å². The Hall–Kier alpha value is -3.13. The molecule has 0 amide bonds. The summed E-state index contributed by atoms with van der Waals surface area (Å²) in [6.45, 7) is 8.67. The Kier molecular flexibility index (Phi) is 6.90. The first kappa shape index (κ1) is 22.1. The van der Waals surface area contributed by atoms with Crippen molar-refractivity contribution < 1.29 is 9.26 Å². The average molecular weight is 450 g/mol. The molecule has 2 aromatic carbocycles. The van der Waals surface area contributed by atoms with Gasteiger partial charge in [0.2, 0.25) is 5.89 Å². The molecule has 0 saturated heterocycles. The highest BCUT2D eigenvalue weighted by molar-refractivity contribution is 7.98. The van der Waals surface area contributed by atoms with Crippen LogP contribution in [0.1, 0.15) is 42.5 Å². The number of ether oxygens (including phenoxy) is 1. The van der Waals surface area contributed by atoms with Crippen molar-refractivity contribution in [3.8, 4) is 11.4 Å². The third-order valence-electron chi connectivity index (χ3n) is 4.89. The molecule has 0 spiro atoms. The second kappa shape index (κ2) is 9.99. The normalized spacial score (nSPS) is 11.3.